The molecule has 1 aliphatic rings. The molecular formula is C30H32N3NaO6S. The molecule has 0 radical (unpaired) electrons. The average Bonchev–Trinajstić information content (AvgIpc) is 3.62. The fourth-order valence-electron chi connectivity index (χ4n) is 5.10. The van der Waals surface area contributed by atoms with Gasteiger partial charge in [0.2, 0.25) is 0 Å². The second-order valence-electron chi connectivity index (χ2n) is 9.87. The Morgan fingerprint density at radius 3 is 2.44 bits per heavy atom. The van der Waals surface area contributed by atoms with Crippen LogP contribution in [0.5, 0.6) is 5.75 Å². The van der Waals surface area contributed by atoms with Crippen LogP contribution in [-0.4, -0.2) is 38.6 Å². The Morgan fingerprint density at radius 1 is 1.00 bits per heavy atom. The van der Waals surface area contributed by atoms with Crippen LogP contribution in [0.2, 0.25) is 0 Å². The van der Waals surface area contributed by atoms with Crippen molar-refractivity contribution in [3.63, 3.8) is 0 Å². The van der Waals surface area contributed by atoms with Crippen molar-refractivity contribution < 1.29 is 58.5 Å². The van der Waals surface area contributed by atoms with Crippen LogP contribution < -0.4 is 44.3 Å². The van der Waals surface area contributed by atoms with Gasteiger partial charge in [-0.1, -0.05) is 31.2 Å². The van der Waals surface area contributed by atoms with Gasteiger partial charge < -0.3 is 15.9 Å². The average molecular weight is 586 g/mol. The van der Waals surface area contributed by atoms with E-state index in [-0.39, 0.29) is 53.5 Å². The van der Waals surface area contributed by atoms with E-state index < -0.39 is 22.0 Å². The van der Waals surface area contributed by atoms with E-state index in [4.69, 9.17) is 9.47 Å². The van der Waals surface area contributed by atoms with Crippen molar-refractivity contribution in [1.29, 1.82) is 0 Å². The molecule has 1 atom stereocenters. The minimum absolute atomic E-state index is 0. The monoisotopic (exact) mass is 585 g/mol. The van der Waals surface area contributed by atoms with Gasteiger partial charge in [0.25, 0.3) is 15.9 Å². The molecule has 1 aliphatic carbocycles. The maximum absolute atomic E-state index is 12.8. The van der Waals surface area contributed by atoms with E-state index in [2.05, 4.69) is 15.0 Å². The normalized spacial score (nSPS) is 14.2. The van der Waals surface area contributed by atoms with Gasteiger partial charge in [-0.3, -0.25) is 10.1 Å². The van der Waals surface area contributed by atoms with Crippen molar-refractivity contribution >= 4 is 38.6 Å². The second-order valence-corrected chi connectivity index (χ2v) is 11.5. The number of rotatable bonds is 8. The summed E-state index contributed by atoms with van der Waals surface area (Å²) in [4.78, 5) is 28.5. The molecule has 4 aromatic rings. The molecule has 0 saturated heterocycles. The molecule has 0 aliphatic heterocycles. The third-order valence-corrected chi connectivity index (χ3v) is 8.59. The number of H-pyrrole nitrogens is 1. The summed E-state index contributed by atoms with van der Waals surface area (Å²) in [7, 11) is -2.52. The number of aromatic nitrogens is 1. The number of fused-ring (bicyclic) bond motifs is 1. The second kappa shape index (κ2) is 13.1. The van der Waals surface area contributed by atoms with E-state index in [9.17, 15) is 18.0 Å². The van der Waals surface area contributed by atoms with Crippen LogP contribution in [0.4, 0.5) is 10.5 Å². The van der Waals surface area contributed by atoms with Crippen molar-refractivity contribution in [1.82, 2.24) is 9.71 Å². The number of carbonyl (C=O) groups excluding carboxylic acids is 2. The van der Waals surface area contributed by atoms with Crippen molar-refractivity contribution in [3.05, 3.63) is 89.6 Å². The summed E-state index contributed by atoms with van der Waals surface area (Å²) in [6.45, 7) is 2.01. The van der Waals surface area contributed by atoms with E-state index in [0.717, 1.165) is 47.7 Å². The number of amides is 2. The van der Waals surface area contributed by atoms with E-state index >= 15 is 0 Å². The van der Waals surface area contributed by atoms with Gasteiger partial charge >= 0.3 is 35.7 Å². The number of aromatic amines is 1. The molecule has 11 heteroatoms. The summed E-state index contributed by atoms with van der Waals surface area (Å²) in [5.41, 5.74) is 3.45. The van der Waals surface area contributed by atoms with Crippen molar-refractivity contribution in [2.75, 3.05) is 12.4 Å². The Morgan fingerprint density at radius 2 is 1.73 bits per heavy atom. The van der Waals surface area contributed by atoms with Crippen molar-refractivity contribution in [2.45, 2.75) is 49.5 Å². The van der Waals surface area contributed by atoms with Gasteiger partial charge in [0.15, 0.2) is 0 Å². The summed E-state index contributed by atoms with van der Waals surface area (Å²) >= 11 is 0. The minimum atomic E-state index is -4.02. The predicted molar refractivity (Wildman–Crippen MR) is 153 cm³/mol. The molecule has 1 heterocycles. The first-order chi connectivity index (χ1) is 19.2. The predicted octanol–water partition coefficient (Wildman–Crippen LogP) is 3.05. The Hall–Kier alpha value is -3.31. The van der Waals surface area contributed by atoms with Crippen LogP contribution in [0.3, 0.4) is 0 Å². The molecule has 1 unspecified atom stereocenters. The molecule has 41 heavy (non-hydrogen) atoms. The van der Waals surface area contributed by atoms with Gasteiger partial charge in [-0.15, -0.1) is 0 Å². The Labute approximate surface area is 262 Å². The summed E-state index contributed by atoms with van der Waals surface area (Å²) in [5, 5.41) is 3.76. The van der Waals surface area contributed by atoms with E-state index in [0.29, 0.717) is 11.4 Å². The van der Waals surface area contributed by atoms with Gasteiger partial charge in [0.1, 0.15) is 11.9 Å². The summed E-state index contributed by atoms with van der Waals surface area (Å²) in [5.74, 6) is -0.468. The molecule has 3 aromatic carbocycles. The molecule has 0 spiro atoms. The van der Waals surface area contributed by atoms with Crippen LogP contribution in [0, 0.1) is 0 Å². The number of anilines is 1. The maximum Gasteiger partial charge on any atom is 1.00 e. The molecule has 210 valence electrons. The smallest absolute Gasteiger partial charge is 1.00 e. The largest absolute Gasteiger partial charge is 1.00 e. The van der Waals surface area contributed by atoms with Gasteiger partial charge in [0, 0.05) is 39.8 Å². The van der Waals surface area contributed by atoms with Gasteiger partial charge in [0.05, 0.1) is 12.0 Å². The number of nitrogens with one attached hydrogen (secondary N) is 3. The van der Waals surface area contributed by atoms with Crippen molar-refractivity contribution in [2.24, 2.45) is 0 Å². The van der Waals surface area contributed by atoms with Crippen molar-refractivity contribution in [3.8, 4) is 5.75 Å². The number of methoxy groups -OCH3 is 1. The molecule has 0 bridgehead atoms. The summed E-state index contributed by atoms with van der Waals surface area (Å²) < 4.78 is 38.5. The van der Waals surface area contributed by atoms with Crippen LogP contribution in [0.1, 0.15) is 61.4 Å². The van der Waals surface area contributed by atoms with Gasteiger partial charge in [-0.05, 0) is 73.7 Å². The van der Waals surface area contributed by atoms with Crippen LogP contribution in [-0.2, 0) is 14.8 Å². The first-order valence-corrected chi connectivity index (χ1v) is 14.6. The maximum atomic E-state index is 12.8. The minimum Gasteiger partial charge on any atom is -1.00 e. The third kappa shape index (κ3) is 6.95. The summed E-state index contributed by atoms with van der Waals surface area (Å²) in [6.07, 6.45) is 5.38. The zero-order chi connectivity index (χ0) is 28.3. The molecular weight excluding hydrogens is 553 g/mol. The topological polar surface area (TPSA) is 127 Å². The molecule has 1 saturated carbocycles. The molecule has 3 N–H and O–H groups in total. The first kappa shape index (κ1) is 30.6. The van der Waals surface area contributed by atoms with Crippen LogP contribution in [0.25, 0.3) is 10.9 Å². The Balaban J connectivity index is 0.00000242. The number of hydrogen-bond donors (Lipinski definition) is 3. The molecule has 9 nitrogen and oxygen atoms in total. The van der Waals surface area contributed by atoms with Crippen LogP contribution >= 0.6 is 0 Å². The number of hydrogen-bond acceptors (Lipinski definition) is 6. The quantitative estimate of drug-likeness (QED) is 0.273. The fraction of sp³-hybridized carbons (Fsp3) is 0.267. The Kier molecular flexibility index (Phi) is 9.80. The molecule has 2 amide bonds. The summed E-state index contributed by atoms with van der Waals surface area (Å²) in [6, 6.07) is 18.2. The zero-order valence-electron chi connectivity index (χ0n) is 24.3. The number of sulfonamides is 1. The number of benzene rings is 3. The molecule has 1 fully saturated rings. The SMILES string of the molecule is COc1cc(C(=O)NS(=O)(=O)c2ccccc2)ccc1C(C)c1c[nH]c2ccc(NC(=O)OC3CCCC3)cc12.[H-].[Na+]. The van der Waals surface area contributed by atoms with Gasteiger partial charge in [-0.25, -0.2) is 17.9 Å². The standard InChI is InChI=1S/C30H31N3O6S.Na.H/c1-19(26-18-31-27-15-13-21(17-25(26)27)32-30(35)39-22-8-6-7-9-22)24-14-12-20(16-28(24)38-2)29(34)33-40(36,37)23-10-4-3-5-11-23;;/h3-5,10-19,22,31H,6-9H2,1-2H3,(H,32,35)(H,33,34);;/q;+1;-1. The number of ether oxygens (including phenoxy) is 2. The first-order valence-electron chi connectivity index (χ1n) is 13.1. The fourth-order valence-corrected chi connectivity index (χ4v) is 6.10. The third-order valence-electron chi connectivity index (χ3n) is 7.25. The number of carbonyl (C=O) groups is 2. The van der Waals surface area contributed by atoms with E-state index in [1.54, 1.807) is 30.3 Å². The molecule has 5 rings (SSSR count). The van der Waals surface area contributed by atoms with Crippen LogP contribution in [0.15, 0.2) is 77.8 Å². The van der Waals surface area contributed by atoms with E-state index in [1.807, 2.05) is 31.3 Å². The van der Waals surface area contributed by atoms with Gasteiger partial charge in [-0.2, -0.15) is 0 Å². The Bertz CT molecular complexity index is 1660. The van der Waals surface area contributed by atoms with E-state index in [1.165, 1.54) is 25.3 Å². The molecule has 1 aromatic heterocycles. The zero-order valence-corrected chi connectivity index (χ0v) is 26.1.